The highest BCUT2D eigenvalue weighted by atomic mass is 19.4. The fourth-order valence-electron chi connectivity index (χ4n) is 4.63. The first-order valence-corrected chi connectivity index (χ1v) is 12.9. The van der Waals surface area contributed by atoms with Gasteiger partial charge >= 0.3 is 12.1 Å². The molecule has 8 nitrogen and oxygen atoms in total. The van der Waals surface area contributed by atoms with Crippen LogP contribution in [0.4, 0.5) is 18.9 Å². The Hall–Kier alpha value is -4.48. The summed E-state index contributed by atoms with van der Waals surface area (Å²) in [5, 5.41) is 15.7. The van der Waals surface area contributed by atoms with E-state index in [1.807, 2.05) is 36.4 Å². The Balaban J connectivity index is 1.68. The number of aromatic nitrogens is 2. The van der Waals surface area contributed by atoms with Crippen molar-refractivity contribution in [3.8, 4) is 5.69 Å². The maximum absolute atomic E-state index is 13.6. The summed E-state index contributed by atoms with van der Waals surface area (Å²) in [5.74, 6) is -2.52. The van der Waals surface area contributed by atoms with Crippen LogP contribution in [0, 0.1) is 5.92 Å². The van der Waals surface area contributed by atoms with E-state index in [9.17, 15) is 27.9 Å². The second kappa shape index (κ2) is 12.4. The summed E-state index contributed by atoms with van der Waals surface area (Å²) in [6.07, 6.45) is -4.35. The number of hydrogen-bond donors (Lipinski definition) is 4. The number of anilines is 1. The van der Waals surface area contributed by atoms with Crippen LogP contribution in [0.5, 0.6) is 0 Å². The standard InChI is InChI=1S/C30H30F3N5O3/c1-18(27(35)29(40)41)13-24(20-8-3-2-4-9-20)21-10-6-11-22(15-21)36-28(39)25-16-26(30(31,32)33)37-38(25)23-12-5-7-19(14-23)17-34/h2-12,14-16,18,24,27H,13,17,34-35H2,1H3,(H,36,39)(H,40,41)/t18?,24?,27-/m0/s1. The van der Waals surface area contributed by atoms with Crippen molar-refractivity contribution in [3.63, 3.8) is 0 Å². The second-order valence-corrected chi connectivity index (χ2v) is 9.82. The number of aliphatic carboxylic acids is 1. The van der Waals surface area contributed by atoms with E-state index in [1.165, 1.54) is 6.07 Å². The van der Waals surface area contributed by atoms with Gasteiger partial charge in [-0.2, -0.15) is 18.3 Å². The highest BCUT2D eigenvalue weighted by Crippen LogP contribution is 2.34. The molecule has 0 aliphatic rings. The molecule has 0 bridgehead atoms. The van der Waals surface area contributed by atoms with Crippen molar-refractivity contribution in [1.29, 1.82) is 0 Å². The maximum Gasteiger partial charge on any atom is 0.435 e. The van der Waals surface area contributed by atoms with Crippen molar-refractivity contribution in [1.82, 2.24) is 9.78 Å². The van der Waals surface area contributed by atoms with E-state index < -0.39 is 29.8 Å². The summed E-state index contributed by atoms with van der Waals surface area (Å²) < 4.78 is 41.7. The van der Waals surface area contributed by atoms with Crippen LogP contribution < -0.4 is 16.8 Å². The minimum absolute atomic E-state index is 0.161. The molecule has 0 fully saturated rings. The van der Waals surface area contributed by atoms with Crippen molar-refractivity contribution in [3.05, 3.63) is 113 Å². The van der Waals surface area contributed by atoms with E-state index in [-0.39, 0.29) is 29.8 Å². The van der Waals surface area contributed by atoms with Gasteiger partial charge in [-0.1, -0.05) is 61.5 Å². The number of carboxylic acids is 1. The molecule has 2 unspecified atom stereocenters. The molecule has 11 heteroatoms. The number of benzene rings is 3. The van der Waals surface area contributed by atoms with Gasteiger partial charge in [-0.3, -0.25) is 9.59 Å². The van der Waals surface area contributed by atoms with Crippen LogP contribution in [-0.2, 0) is 17.5 Å². The van der Waals surface area contributed by atoms with Gasteiger partial charge in [0.15, 0.2) is 5.69 Å². The molecule has 6 N–H and O–H groups in total. The first-order valence-electron chi connectivity index (χ1n) is 12.9. The van der Waals surface area contributed by atoms with E-state index in [2.05, 4.69) is 10.4 Å². The molecular formula is C30H30F3N5O3. The van der Waals surface area contributed by atoms with Gasteiger partial charge in [0.25, 0.3) is 5.91 Å². The number of halogens is 3. The molecule has 0 aliphatic carbocycles. The molecule has 3 aromatic carbocycles. The topological polar surface area (TPSA) is 136 Å². The van der Waals surface area contributed by atoms with Crippen molar-refractivity contribution < 1.29 is 27.9 Å². The zero-order valence-electron chi connectivity index (χ0n) is 22.2. The first-order chi connectivity index (χ1) is 19.5. The number of carbonyl (C=O) groups excluding carboxylic acids is 1. The summed E-state index contributed by atoms with van der Waals surface area (Å²) >= 11 is 0. The minimum Gasteiger partial charge on any atom is -0.480 e. The van der Waals surface area contributed by atoms with E-state index in [0.29, 0.717) is 23.7 Å². The normalized spacial score (nSPS) is 13.8. The largest absolute Gasteiger partial charge is 0.480 e. The monoisotopic (exact) mass is 565 g/mol. The Morgan fingerprint density at radius 3 is 2.32 bits per heavy atom. The number of carboxylic acid groups (broad SMARTS) is 1. The number of alkyl halides is 3. The quantitative estimate of drug-likeness (QED) is 0.209. The SMILES string of the molecule is CC(CC(c1ccccc1)c1cccc(NC(=O)c2cc(C(F)(F)F)nn2-c2cccc(CN)c2)c1)[C@H](N)C(=O)O. The third kappa shape index (κ3) is 7.00. The highest BCUT2D eigenvalue weighted by Gasteiger charge is 2.36. The maximum atomic E-state index is 13.6. The third-order valence-electron chi connectivity index (χ3n) is 6.88. The molecule has 1 heterocycles. The Kier molecular flexibility index (Phi) is 8.89. The predicted octanol–water partition coefficient (Wildman–Crippen LogP) is 5.17. The summed E-state index contributed by atoms with van der Waals surface area (Å²) in [5.41, 5.74) is 13.0. The average molecular weight is 566 g/mol. The van der Waals surface area contributed by atoms with Crippen molar-refractivity contribution in [2.45, 2.75) is 38.0 Å². The summed E-state index contributed by atoms with van der Waals surface area (Å²) in [6.45, 7) is 1.92. The minimum atomic E-state index is -4.76. The third-order valence-corrected chi connectivity index (χ3v) is 6.88. The molecule has 1 amide bonds. The van der Waals surface area contributed by atoms with Gasteiger partial charge in [0.2, 0.25) is 0 Å². The first kappa shape index (κ1) is 29.5. The number of carbonyl (C=O) groups is 2. The van der Waals surface area contributed by atoms with E-state index in [0.717, 1.165) is 15.8 Å². The molecule has 1 aromatic heterocycles. The zero-order chi connectivity index (χ0) is 29.7. The van der Waals surface area contributed by atoms with Crippen LogP contribution in [0.1, 0.15) is 52.1 Å². The van der Waals surface area contributed by atoms with Crippen LogP contribution in [0.2, 0.25) is 0 Å². The predicted molar refractivity (Wildman–Crippen MR) is 149 cm³/mol. The van der Waals surface area contributed by atoms with Crippen LogP contribution in [-0.4, -0.2) is 32.8 Å². The van der Waals surface area contributed by atoms with Gasteiger partial charge in [-0.05, 0) is 53.3 Å². The number of rotatable bonds is 10. The molecule has 0 radical (unpaired) electrons. The van der Waals surface area contributed by atoms with Crippen molar-refractivity contribution >= 4 is 17.6 Å². The van der Waals surface area contributed by atoms with Crippen molar-refractivity contribution in [2.75, 3.05) is 5.32 Å². The molecule has 0 saturated carbocycles. The lowest BCUT2D eigenvalue weighted by Crippen LogP contribution is -2.37. The lowest BCUT2D eigenvalue weighted by atomic mass is 9.82. The fraction of sp³-hybridized carbons (Fsp3) is 0.233. The Morgan fingerprint density at radius 1 is 0.976 bits per heavy atom. The van der Waals surface area contributed by atoms with Crippen LogP contribution in [0.15, 0.2) is 84.9 Å². The second-order valence-electron chi connectivity index (χ2n) is 9.82. The van der Waals surface area contributed by atoms with E-state index in [1.54, 1.807) is 43.3 Å². The number of nitrogens with two attached hydrogens (primary N) is 2. The Bertz CT molecular complexity index is 1520. The lowest BCUT2D eigenvalue weighted by Gasteiger charge is -2.24. The van der Waals surface area contributed by atoms with Crippen LogP contribution >= 0.6 is 0 Å². The fourth-order valence-corrected chi connectivity index (χ4v) is 4.63. The molecule has 3 atom stereocenters. The van der Waals surface area contributed by atoms with E-state index >= 15 is 0 Å². The molecule has 0 aliphatic heterocycles. The van der Waals surface area contributed by atoms with Gasteiger partial charge in [0.05, 0.1) is 5.69 Å². The molecule has 0 spiro atoms. The van der Waals surface area contributed by atoms with Crippen LogP contribution in [0.3, 0.4) is 0 Å². The Labute approximate surface area is 234 Å². The van der Waals surface area contributed by atoms with E-state index in [4.69, 9.17) is 11.5 Å². The smallest absolute Gasteiger partial charge is 0.435 e. The van der Waals surface area contributed by atoms with Gasteiger partial charge in [-0.15, -0.1) is 0 Å². The molecule has 41 heavy (non-hydrogen) atoms. The number of hydrogen-bond acceptors (Lipinski definition) is 5. The Morgan fingerprint density at radius 2 is 1.66 bits per heavy atom. The van der Waals surface area contributed by atoms with Gasteiger partial charge in [0, 0.05) is 24.2 Å². The number of nitrogens with zero attached hydrogens (tertiary/aromatic N) is 2. The van der Waals surface area contributed by atoms with Gasteiger partial charge in [-0.25, -0.2) is 4.68 Å². The van der Waals surface area contributed by atoms with Crippen LogP contribution in [0.25, 0.3) is 5.69 Å². The zero-order valence-corrected chi connectivity index (χ0v) is 22.2. The molecule has 4 aromatic rings. The van der Waals surface area contributed by atoms with Gasteiger partial charge < -0.3 is 21.9 Å². The highest BCUT2D eigenvalue weighted by molar-refractivity contribution is 6.03. The number of amides is 1. The summed E-state index contributed by atoms with van der Waals surface area (Å²) in [6, 6.07) is 22.4. The number of nitrogens with one attached hydrogen (secondary N) is 1. The van der Waals surface area contributed by atoms with Gasteiger partial charge in [0.1, 0.15) is 11.7 Å². The summed E-state index contributed by atoms with van der Waals surface area (Å²) in [4.78, 5) is 24.8. The lowest BCUT2D eigenvalue weighted by molar-refractivity contribution is -0.141. The molecular weight excluding hydrogens is 535 g/mol. The molecule has 0 saturated heterocycles. The summed E-state index contributed by atoms with van der Waals surface area (Å²) in [7, 11) is 0. The average Bonchev–Trinajstić information content (AvgIpc) is 3.43. The van der Waals surface area contributed by atoms with Crippen molar-refractivity contribution in [2.24, 2.45) is 17.4 Å². The molecule has 4 rings (SSSR count). The molecule has 214 valence electrons.